The van der Waals surface area contributed by atoms with Crippen LogP contribution >= 0.6 is 0 Å². The SMILES string of the molecule is CC(C)Oc1ccc(C(=O)N2CCC(n3ccnn3)CC2)cc1. The van der Waals surface area contributed by atoms with Crippen molar-refractivity contribution in [2.24, 2.45) is 0 Å². The molecule has 3 rings (SSSR count). The largest absolute Gasteiger partial charge is 0.491 e. The molecule has 0 aliphatic carbocycles. The van der Waals surface area contributed by atoms with Crippen LogP contribution in [0.4, 0.5) is 0 Å². The topological polar surface area (TPSA) is 60.2 Å². The Morgan fingerprint density at radius 1 is 1.22 bits per heavy atom. The van der Waals surface area contributed by atoms with Gasteiger partial charge in [-0.15, -0.1) is 5.10 Å². The quantitative estimate of drug-likeness (QED) is 0.870. The Labute approximate surface area is 136 Å². The molecular weight excluding hydrogens is 292 g/mol. The third-order valence-corrected chi connectivity index (χ3v) is 4.04. The van der Waals surface area contributed by atoms with E-state index >= 15 is 0 Å². The molecule has 2 aromatic rings. The average molecular weight is 314 g/mol. The van der Waals surface area contributed by atoms with Crippen LogP contribution in [0.25, 0.3) is 0 Å². The molecule has 1 aromatic heterocycles. The molecule has 0 unspecified atom stereocenters. The summed E-state index contributed by atoms with van der Waals surface area (Å²) in [5, 5.41) is 7.90. The summed E-state index contributed by atoms with van der Waals surface area (Å²) in [6.45, 7) is 5.46. The molecule has 1 aliphatic heterocycles. The van der Waals surface area contributed by atoms with Gasteiger partial charge in [-0.1, -0.05) is 5.21 Å². The van der Waals surface area contributed by atoms with Crippen molar-refractivity contribution in [1.82, 2.24) is 19.9 Å². The second kappa shape index (κ2) is 6.81. The van der Waals surface area contributed by atoms with E-state index in [1.165, 1.54) is 0 Å². The third kappa shape index (κ3) is 3.70. The van der Waals surface area contributed by atoms with Crippen molar-refractivity contribution in [3.05, 3.63) is 42.2 Å². The number of carbonyl (C=O) groups is 1. The Balaban J connectivity index is 1.58. The Hall–Kier alpha value is -2.37. The molecule has 1 amide bonds. The molecule has 0 atom stereocenters. The maximum Gasteiger partial charge on any atom is 0.253 e. The normalized spacial score (nSPS) is 15.9. The third-order valence-electron chi connectivity index (χ3n) is 4.04. The van der Waals surface area contributed by atoms with Crippen molar-refractivity contribution in [3.63, 3.8) is 0 Å². The van der Waals surface area contributed by atoms with Crippen molar-refractivity contribution < 1.29 is 9.53 Å². The summed E-state index contributed by atoms with van der Waals surface area (Å²) in [5.74, 6) is 0.875. The van der Waals surface area contributed by atoms with Gasteiger partial charge in [0.05, 0.1) is 18.3 Å². The lowest BCUT2D eigenvalue weighted by Crippen LogP contribution is -2.39. The second-order valence-electron chi connectivity index (χ2n) is 6.10. The first-order chi connectivity index (χ1) is 11.1. The molecule has 1 aromatic carbocycles. The van der Waals surface area contributed by atoms with E-state index in [0.29, 0.717) is 11.6 Å². The summed E-state index contributed by atoms with van der Waals surface area (Å²) in [5.41, 5.74) is 0.709. The second-order valence-corrected chi connectivity index (χ2v) is 6.10. The summed E-state index contributed by atoms with van der Waals surface area (Å²) < 4.78 is 7.50. The summed E-state index contributed by atoms with van der Waals surface area (Å²) in [4.78, 5) is 14.5. The van der Waals surface area contributed by atoms with Gasteiger partial charge in [-0.3, -0.25) is 4.79 Å². The molecule has 0 bridgehead atoms. The van der Waals surface area contributed by atoms with Gasteiger partial charge in [0, 0.05) is 24.8 Å². The van der Waals surface area contributed by atoms with Gasteiger partial charge in [-0.2, -0.15) is 0 Å². The zero-order valence-electron chi connectivity index (χ0n) is 13.6. The summed E-state index contributed by atoms with van der Waals surface area (Å²) >= 11 is 0. The Morgan fingerprint density at radius 3 is 2.48 bits per heavy atom. The predicted octanol–water partition coefficient (Wildman–Crippen LogP) is 2.54. The van der Waals surface area contributed by atoms with E-state index in [1.54, 1.807) is 6.20 Å². The molecule has 1 aliphatic rings. The summed E-state index contributed by atoms with van der Waals surface area (Å²) in [7, 11) is 0. The van der Waals surface area contributed by atoms with Gasteiger partial charge < -0.3 is 9.64 Å². The number of likely N-dealkylation sites (tertiary alicyclic amines) is 1. The van der Waals surface area contributed by atoms with Crippen molar-refractivity contribution in [2.75, 3.05) is 13.1 Å². The number of rotatable bonds is 4. The van der Waals surface area contributed by atoms with Crippen molar-refractivity contribution >= 4 is 5.91 Å². The number of amides is 1. The number of nitrogens with zero attached hydrogens (tertiary/aromatic N) is 4. The molecule has 0 radical (unpaired) electrons. The summed E-state index contributed by atoms with van der Waals surface area (Å²) in [6, 6.07) is 7.72. The van der Waals surface area contributed by atoms with E-state index in [1.807, 2.05) is 53.9 Å². The maximum absolute atomic E-state index is 12.6. The highest BCUT2D eigenvalue weighted by Gasteiger charge is 2.24. The molecule has 6 heteroatoms. The minimum atomic E-state index is 0.0816. The van der Waals surface area contributed by atoms with Gasteiger partial charge in [-0.05, 0) is 51.0 Å². The van der Waals surface area contributed by atoms with E-state index < -0.39 is 0 Å². The fourth-order valence-corrected chi connectivity index (χ4v) is 2.88. The van der Waals surface area contributed by atoms with Gasteiger partial charge in [0.1, 0.15) is 5.75 Å². The minimum absolute atomic E-state index is 0.0816. The lowest BCUT2D eigenvalue weighted by Gasteiger charge is -2.31. The van der Waals surface area contributed by atoms with Gasteiger partial charge >= 0.3 is 0 Å². The molecule has 23 heavy (non-hydrogen) atoms. The van der Waals surface area contributed by atoms with Gasteiger partial charge in [0.15, 0.2) is 0 Å². The van der Waals surface area contributed by atoms with Gasteiger partial charge in [0.2, 0.25) is 0 Å². The first-order valence-corrected chi connectivity index (χ1v) is 8.05. The van der Waals surface area contributed by atoms with Crippen molar-refractivity contribution in [3.8, 4) is 5.75 Å². The fourth-order valence-electron chi connectivity index (χ4n) is 2.88. The van der Waals surface area contributed by atoms with Crippen LogP contribution in [-0.4, -0.2) is 45.0 Å². The van der Waals surface area contributed by atoms with Crippen LogP contribution in [0.15, 0.2) is 36.7 Å². The molecule has 0 spiro atoms. The standard InChI is InChI=1S/C17H22N4O2/c1-13(2)23-16-5-3-14(4-6-16)17(22)20-10-7-15(8-11-20)21-12-9-18-19-21/h3-6,9,12-13,15H,7-8,10-11H2,1-2H3. The van der Waals surface area contributed by atoms with Crippen LogP contribution in [-0.2, 0) is 0 Å². The number of hydrogen-bond acceptors (Lipinski definition) is 4. The fraction of sp³-hybridized carbons (Fsp3) is 0.471. The van der Waals surface area contributed by atoms with Crippen LogP contribution in [0.1, 0.15) is 43.1 Å². The highest BCUT2D eigenvalue weighted by molar-refractivity contribution is 5.94. The number of aromatic nitrogens is 3. The molecule has 122 valence electrons. The summed E-state index contributed by atoms with van der Waals surface area (Å²) in [6.07, 6.45) is 5.52. The number of benzene rings is 1. The molecule has 1 fully saturated rings. The lowest BCUT2D eigenvalue weighted by atomic mass is 10.0. The molecule has 1 saturated heterocycles. The highest BCUT2D eigenvalue weighted by atomic mass is 16.5. The molecule has 2 heterocycles. The van der Waals surface area contributed by atoms with E-state index in [4.69, 9.17) is 4.74 Å². The first kappa shape index (κ1) is 15.5. The van der Waals surface area contributed by atoms with Crippen LogP contribution in [0, 0.1) is 0 Å². The van der Waals surface area contributed by atoms with Crippen molar-refractivity contribution in [2.45, 2.75) is 38.8 Å². The smallest absolute Gasteiger partial charge is 0.253 e. The van der Waals surface area contributed by atoms with Crippen molar-refractivity contribution in [1.29, 1.82) is 0 Å². The predicted molar refractivity (Wildman–Crippen MR) is 86.4 cm³/mol. The van der Waals surface area contributed by atoms with Crippen LogP contribution < -0.4 is 4.74 Å². The molecule has 0 N–H and O–H groups in total. The first-order valence-electron chi connectivity index (χ1n) is 8.05. The number of hydrogen-bond donors (Lipinski definition) is 0. The maximum atomic E-state index is 12.6. The van der Waals surface area contributed by atoms with Crippen LogP contribution in [0.3, 0.4) is 0 Å². The number of carbonyl (C=O) groups excluding carboxylic acids is 1. The van der Waals surface area contributed by atoms with Crippen LogP contribution in [0.5, 0.6) is 5.75 Å². The zero-order chi connectivity index (χ0) is 16.2. The Bertz CT molecular complexity index is 629. The monoisotopic (exact) mass is 314 g/mol. The number of ether oxygens (including phenoxy) is 1. The molecular formula is C17H22N4O2. The molecule has 0 saturated carbocycles. The van der Waals surface area contributed by atoms with E-state index in [9.17, 15) is 4.79 Å². The van der Waals surface area contributed by atoms with E-state index in [-0.39, 0.29) is 12.0 Å². The Kier molecular flexibility index (Phi) is 4.60. The van der Waals surface area contributed by atoms with Crippen LogP contribution in [0.2, 0.25) is 0 Å². The average Bonchev–Trinajstić information content (AvgIpc) is 3.09. The van der Waals surface area contributed by atoms with Gasteiger partial charge in [0.25, 0.3) is 5.91 Å². The zero-order valence-corrected chi connectivity index (χ0v) is 13.6. The molecule has 6 nitrogen and oxygen atoms in total. The number of piperidine rings is 1. The van der Waals surface area contributed by atoms with Gasteiger partial charge in [-0.25, -0.2) is 4.68 Å². The van der Waals surface area contributed by atoms with E-state index in [0.717, 1.165) is 31.7 Å². The highest BCUT2D eigenvalue weighted by Crippen LogP contribution is 2.23. The Morgan fingerprint density at radius 2 is 1.91 bits per heavy atom. The minimum Gasteiger partial charge on any atom is -0.491 e. The lowest BCUT2D eigenvalue weighted by molar-refractivity contribution is 0.0689. The van der Waals surface area contributed by atoms with E-state index in [2.05, 4.69) is 10.3 Å².